The lowest BCUT2D eigenvalue weighted by Gasteiger charge is -2.32. The van der Waals surface area contributed by atoms with E-state index in [9.17, 15) is 13.2 Å². The summed E-state index contributed by atoms with van der Waals surface area (Å²) in [7, 11) is -3.65. The quantitative estimate of drug-likeness (QED) is 0.280. The van der Waals surface area contributed by atoms with Gasteiger partial charge in [0.1, 0.15) is 11.5 Å². The molecule has 8 nitrogen and oxygen atoms in total. The number of rotatable bonds is 8. The Morgan fingerprint density at radius 3 is 2.62 bits per heavy atom. The minimum atomic E-state index is -3.65. The van der Waals surface area contributed by atoms with Crippen molar-refractivity contribution < 1.29 is 22.4 Å². The SMILES string of the molecule is CCOc1ccc2nc(N(Cc3ccco3)C(=O)C3CCN(S(=O)(=O)c4ccc(Cl)cc4)CC3)sc2c1. The highest BCUT2D eigenvalue weighted by Gasteiger charge is 2.35. The fraction of sp³-hybridized carbons (Fsp3) is 0.308. The summed E-state index contributed by atoms with van der Waals surface area (Å²) >= 11 is 7.33. The third kappa shape index (κ3) is 5.52. The molecule has 0 unspecified atom stereocenters. The summed E-state index contributed by atoms with van der Waals surface area (Å²) in [4.78, 5) is 20.3. The van der Waals surface area contributed by atoms with Gasteiger partial charge in [0.25, 0.3) is 0 Å². The summed E-state index contributed by atoms with van der Waals surface area (Å²) in [6.45, 7) is 3.25. The maximum absolute atomic E-state index is 13.8. The molecular formula is C26H26ClN3O5S2. The van der Waals surface area contributed by atoms with Gasteiger partial charge in [-0.3, -0.25) is 9.69 Å². The molecule has 2 aromatic heterocycles. The van der Waals surface area contributed by atoms with Crippen molar-refractivity contribution in [3.63, 3.8) is 0 Å². The van der Waals surface area contributed by atoms with Crippen molar-refractivity contribution in [3.05, 3.63) is 71.6 Å². The molecule has 1 amide bonds. The number of piperidine rings is 1. The molecule has 1 fully saturated rings. The third-order valence-electron chi connectivity index (χ3n) is 6.31. The zero-order chi connectivity index (χ0) is 26.0. The monoisotopic (exact) mass is 559 g/mol. The standard InChI is InChI=1S/C26H26ClN3O5S2/c1-2-34-20-7-10-23-24(16-20)36-26(28-23)30(17-21-4-3-15-35-21)25(31)18-11-13-29(14-12-18)37(32,33)22-8-5-19(27)6-9-22/h3-10,15-16,18H,2,11-14,17H2,1H3. The number of ether oxygens (including phenoxy) is 1. The molecule has 1 aliphatic rings. The minimum absolute atomic E-state index is 0.0935. The van der Waals surface area contributed by atoms with Gasteiger partial charge < -0.3 is 9.15 Å². The number of hydrogen-bond donors (Lipinski definition) is 0. The van der Waals surface area contributed by atoms with E-state index in [1.165, 1.54) is 27.8 Å². The van der Waals surface area contributed by atoms with Crippen LogP contribution in [0.2, 0.25) is 5.02 Å². The molecule has 0 spiro atoms. The number of carbonyl (C=O) groups is 1. The van der Waals surface area contributed by atoms with Crippen LogP contribution in [-0.4, -0.2) is 43.3 Å². The van der Waals surface area contributed by atoms with Crippen molar-refractivity contribution in [1.29, 1.82) is 0 Å². The van der Waals surface area contributed by atoms with E-state index >= 15 is 0 Å². The van der Waals surface area contributed by atoms with Crippen LogP contribution < -0.4 is 9.64 Å². The number of thiazole rings is 1. The minimum Gasteiger partial charge on any atom is -0.494 e. The second-order valence-electron chi connectivity index (χ2n) is 8.70. The Hall–Kier alpha value is -2.92. The summed E-state index contributed by atoms with van der Waals surface area (Å²) in [5, 5.41) is 1.05. The summed E-state index contributed by atoms with van der Waals surface area (Å²) < 4.78 is 39.6. The first kappa shape index (κ1) is 25.7. The Balaban J connectivity index is 1.35. The van der Waals surface area contributed by atoms with Crippen molar-refractivity contribution in [2.45, 2.75) is 31.2 Å². The average Bonchev–Trinajstić information content (AvgIpc) is 3.57. The van der Waals surface area contributed by atoms with Gasteiger partial charge in [0, 0.05) is 24.0 Å². The first-order chi connectivity index (χ1) is 17.8. The van der Waals surface area contributed by atoms with Crippen molar-refractivity contribution >= 4 is 54.2 Å². The summed E-state index contributed by atoms with van der Waals surface area (Å²) in [5.41, 5.74) is 0.782. The van der Waals surface area contributed by atoms with Gasteiger partial charge in [-0.25, -0.2) is 13.4 Å². The van der Waals surface area contributed by atoms with Gasteiger partial charge in [-0.1, -0.05) is 22.9 Å². The number of furan rings is 1. The largest absolute Gasteiger partial charge is 0.494 e. The van der Waals surface area contributed by atoms with E-state index in [1.807, 2.05) is 31.2 Å². The van der Waals surface area contributed by atoms with E-state index in [2.05, 4.69) is 0 Å². The van der Waals surface area contributed by atoms with Crippen molar-refractivity contribution in [2.24, 2.45) is 5.92 Å². The summed E-state index contributed by atoms with van der Waals surface area (Å²) in [6, 6.07) is 15.4. The lowest BCUT2D eigenvalue weighted by Crippen LogP contribution is -2.44. The van der Waals surface area contributed by atoms with Crippen molar-refractivity contribution in [3.8, 4) is 5.75 Å². The summed E-state index contributed by atoms with van der Waals surface area (Å²) in [5.74, 6) is 0.968. The van der Waals surface area contributed by atoms with Crippen LogP contribution in [0.15, 0.2) is 70.2 Å². The Labute approximate surface area is 224 Å². The highest BCUT2D eigenvalue weighted by Crippen LogP contribution is 2.34. The molecule has 0 aliphatic carbocycles. The number of hydrogen-bond acceptors (Lipinski definition) is 7. The topological polar surface area (TPSA) is 92.9 Å². The van der Waals surface area contributed by atoms with Crippen molar-refractivity contribution in [1.82, 2.24) is 9.29 Å². The maximum Gasteiger partial charge on any atom is 0.243 e. The normalized spacial score (nSPS) is 15.2. The molecule has 11 heteroatoms. The number of amides is 1. The van der Waals surface area contributed by atoms with Gasteiger partial charge in [-0.2, -0.15) is 4.31 Å². The molecule has 0 N–H and O–H groups in total. The van der Waals surface area contributed by atoms with Gasteiger partial charge in [0.05, 0.1) is 34.5 Å². The van der Waals surface area contributed by atoms with Crippen LogP contribution in [0.1, 0.15) is 25.5 Å². The predicted octanol–water partition coefficient (Wildman–Crippen LogP) is 5.58. The van der Waals surface area contributed by atoms with Crippen LogP contribution in [0.25, 0.3) is 10.2 Å². The number of sulfonamides is 1. The van der Waals surface area contributed by atoms with Crippen LogP contribution in [0.4, 0.5) is 5.13 Å². The number of aromatic nitrogens is 1. The summed E-state index contributed by atoms with van der Waals surface area (Å²) in [6.07, 6.45) is 2.41. The highest BCUT2D eigenvalue weighted by atomic mass is 35.5. The maximum atomic E-state index is 13.8. The van der Waals surface area contributed by atoms with E-state index in [4.69, 9.17) is 25.7 Å². The Morgan fingerprint density at radius 1 is 1.19 bits per heavy atom. The molecule has 3 heterocycles. The van der Waals surface area contributed by atoms with Gasteiger partial charge in [0.2, 0.25) is 15.9 Å². The fourth-order valence-corrected chi connectivity index (χ4v) is 6.98. The second kappa shape index (κ2) is 10.8. The lowest BCUT2D eigenvalue weighted by molar-refractivity contribution is -0.123. The van der Waals surface area contributed by atoms with Gasteiger partial charge in [0.15, 0.2) is 5.13 Å². The molecule has 0 atom stereocenters. The molecule has 0 saturated carbocycles. The number of nitrogens with zero attached hydrogens (tertiary/aromatic N) is 3. The number of halogens is 1. The molecule has 1 aliphatic heterocycles. The van der Waals surface area contributed by atoms with Crippen LogP contribution in [0.3, 0.4) is 0 Å². The molecule has 37 heavy (non-hydrogen) atoms. The van der Waals surface area contributed by atoms with E-state index in [-0.39, 0.29) is 36.4 Å². The first-order valence-electron chi connectivity index (χ1n) is 12.0. The van der Waals surface area contributed by atoms with Crippen LogP contribution in [0, 0.1) is 5.92 Å². The van der Waals surface area contributed by atoms with Crippen LogP contribution >= 0.6 is 22.9 Å². The fourth-order valence-electron chi connectivity index (χ4n) is 4.38. The zero-order valence-corrected chi connectivity index (χ0v) is 22.6. The lowest BCUT2D eigenvalue weighted by atomic mass is 9.96. The highest BCUT2D eigenvalue weighted by molar-refractivity contribution is 7.89. The predicted molar refractivity (Wildman–Crippen MR) is 144 cm³/mol. The van der Waals surface area contributed by atoms with Crippen LogP contribution in [-0.2, 0) is 21.4 Å². The first-order valence-corrected chi connectivity index (χ1v) is 14.6. The Kier molecular flexibility index (Phi) is 7.52. The van der Waals surface area contributed by atoms with Gasteiger partial charge >= 0.3 is 0 Å². The number of carbonyl (C=O) groups excluding carboxylic acids is 1. The molecule has 1 saturated heterocycles. The van der Waals surface area contributed by atoms with Crippen molar-refractivity contribution in [2.75, 3.05) is 24.6 Å². The number of benzene rings is 2. The molecule has 194 valence electrons. The molecule has 0 radical (unpaired) electrons. The van der Waals surface area contributed by atoms with Gasteiger partial charge in [-0.15, -0.1) is 0 Å². The molecule has 4 aromatic rings. The van der Waals surface area contributed by atoms with E-state index in [1.54, 1.807) is 29.4 Å². The average molecular weight is 560 g/mol. The molecule has 0 bridgehead atoms. The second-order valence-corrected chi connectivity index (χ2v) is 12.1. The molecule has 2 aromatic carbocycles. The van der Waals surface area contributed by atoms with E-state index < -0.39 is 10.0 Å². The van der Waals surface area contributed by atoms with Gasteiger partial charge in [-0.05, 0) is 74.4 Å². The zero-order valence-electron chi connectivity index (χ0n) is 20.2. The van der Waals surface area contributed by atoms with E-state index in [0.29, 0.717) is 35.4 Å². The Morgan fingerprint density at radius 2 is 1.95 bits per heavy atom. The Bertz CT molecular complexity index is 1480. The number of anilines is 1. The van der Waals surface area contributed by atoms with E-state index in [0.717, 1.165) is 16.0 Å². The third-order valence-corrected chi connectivity index (χ3v) is 9.51. The smallest absolute Gasteiger partial charge is 0.243 e. The number of fused-ring (bicyclic) bond motifs is 1. The van der Waals surface area contributed by atoms with Crippen LogP contribution in [0.5, 0.6) is 5.75 Å². The molecular weight excluding hydrogens is 534 g/mol. The molecule has 5 rings (SSSR count).